The van der Waals surface area contributed by atoms with Gasteiger partial charge in [-0.05, 0) is 38.5 Å². The molecular weight excluding hydrogens is 206 g/mol. The summed E-state index contributed by atoms with van der Waals surface area (Å²) >= 11 is 0. The quantitative estimate of drug-likeness (QED) is 0.638. The fourth-order valence-electron chi connectivity index (χ4n) is 1.92. The van der Waals surface area contributed by atoms with Gasteiger partial charge in [0.2, 0.25) is 0 Å². The molecule has 94 valence electrons. The highest BCUT2D eigenvalue weighted by atomic mass is 16.5. The molecule has 0 aromatic heterocycles. The number of aliphatic hydroxyl groups excluding tert-OH is 1. The Morgan fingerprint density at radius 3 is 2.56 bits per heavy atom. The minimum atomic E-state index is -0.482. The molecule has 0 saturated heterocycles. The second kappa shape index (κ2) is 5.15. The molecule has 1 aliphatic rings. The first kappa shape index (κ1) is 13.5. The molecule has 2 N–H and O–H groups in total. The van der Waals surface area contributed by atoms with Crippen molar-refractivity contribution >= 4 is 5.97 Å². The van der Waals surface area contributed by atoms with Gasteiger partial charge in [0.1, 0.15) is 0 Å². The van der Waals surface area contributed by atoms with Crippen molar-refractivity contribution in [2.75, 3.05) is 26.8 Å². The number of hydrogen-bond acceptors (Lipinski definition) is 4. The van der Waals surface area contributed by atoms with Crippen LogP contribution in [0.2, 0.25) is 0 Å². The van der Waals surface area contributed by atoms with E-state index in [1.807, 2.05) is 13.8 Å². The monoisotopic (exact) mass is 229 g/mol. The third kappa shape index (κ3) is 3.46. The number of carbonyl (C=O) groups is 1. The lowest BCUT2D eigenvalue weighted by Gasteiger charge is -2.23. The molecule has 1 rings (SSSR count). The van der Waals surface area contributed by atoms with Crippen LogP contribution in [0.1, 0.15) is 33.1 Å². The molecule has 16 heavy (non-hydrogen) atoms. The Labute approximate surface area is 97.4 Å². The van der Waals surface area contributed by atoms with Crippen LogP contribution in [-0.4, -0.2) is 37.9 Å². The molecule has 1 saturated carbocycles. The summed E-state index contributed by atoms with van der Waals surface area (Å²) < 4.78 is 4.74. The van der Waals surface area contributed by atoms with Gasteiger partial charge < -0.3 is 15.2 Å². The van der Waals surface area contributed by atoms with E-state index in [0.29, 0.717) is 12.0 Å². The normalized spacial score (nSPS) is 18.2. The van der Waals surface area contributed by atoms with E-state index in [0.717, 1.165) is 13.0 Å². The van der Waals surface area contributed by atoms with Crippen LogP contribution >= 0.6 is 0 Å². The van der Waals surface area contributed by atoms with Crippen molar-refractivity contribution in [1.82, 2.24) is 5.32 Å². The summed E-state index contributed by atoms with van der Waals surface area (Å²) in [6, 6.07) is 0. The van der Waals surface area contributed by atoms with Crippen molar-refractivity contribution in [3.05, 3.63) is 0 Å². The van der Waals surface area contributed by atoms with E-state index in [2.05, 4.69) is 5.32 Å². The van der Waals surface area contributed by atoms with Crippen LogP contribution in [0.25, 0.3) is 0 Å². The van der Waals surface area contributed by atoms with E-state index in [4.69, 9.17) is 9.84 Å². The third-order valence-electron chi connectivity index (χ3n) is 3.40. The molecule has 0 aliphatic heterocycles. The number of hydrogen-bond donors (Lipinski definition) is 2. The minimum Gasteiger partial charge on any atom is -0.469 e. The van der Waals surface area contributed by atoms with Crippen molar-refractivity contribution in [1.29, 1.82) is 0 Å². The zero-order valence-electron chi connectivity index (χ0n) is 10.5. The Bertz CT molecular complexity index is 247. The van der Waals surface area contributed by atoms with Gasteiger partial charge in [-0.25, -0.2) is 0 Å². The molecule has 0 aromatic rings. The Hall–Kier alpha value is -0.610. The van der Waals surface area contributed by atoms with Crippen LogP contribution in [0, 0.1) is 10.8 Å². The lowest BCUT2D eigenvalue weighted by atomic mass is 9.93. The van der Waals surface area contributed by atoms with Gasteiger partial charge in [0, 0.05) is 19.7 Å². The Balaban J connectivity index is 2.27. The van der Waals surface area contributed by atoms with Crippen molar-refractivity contribution in [3.8, 4) is 0 Å². The fourth-order valence-corrected chi connectivity index (χ4v) is 1.92. The summed E-state index contributed by atoms with van der Waals surface area (Å²) in [5.41, 5.74) is -0.189. The van der Waals surface area contributed by atoms with Crippen LogP contribution in [0.4, 0.5) is 0 Å². The standard InChI is InChI=1S/C12H23NO3/c1-11(2,10(15)16-3)8-13-9-12(4-5-12)6-7-14/h13-14H,4-9H2,1-3H3. The maximum Gasteiger partial charge on any atom is 0.312 e. The van der Waals surface area contributed by atoms with Crippen LogP contribution < -0.4 is 5.32 Å². The van der Waals surface area contributed by atoms with E-state index in [1.165, 1.54) is 20.0 Å². The highest BCUT2D eigenvalue weighted by molar-refractivity contribution is 5.76. The summed E-state index contributed by atoms with van der Waals surface area (Å²) in [6.45, 7) is 5.50. The van der Waals surface area contributed by atoms with Crippen molar-refractivity contribution in [2.24, 2.45) is 10.8 Å². The average molecular weight is 229 g/mol. The number of ether oxygens (including phenoxy) is 1. The van der Waals surface area contributed by atoms with Crippen molar-refractivity contribution in [3.63, 3.8) is 0 Å². The number of rotatable bonds is 7. The maximum absolute atomic E-state index is 11.4. The summed E-state index contributed by atoms with van der Waals surface area (Å²) in [6.07, 6.45) is 3.22. The van der Waals surface area contributed by atoms with E-state index in [1.54, 1.807) is 0 Å². The first-order valence-electron chi connectivity index (χ1n) is 5.86. The predicted molar refractivity (Wildman–Crippen MR) is 62.0 cm³/mol. The Morgan fingerprint density at radius 1 is 1.50 bits per heavy atom. The molecule has 0 amide bonds. The molecule has 4 nitrogen and oxygen atoms in total. The average Bonchev–Trinajstić information content (AvgIpc) is 2.97. The van der Waals surface area contributed by atoms with Gasteiger partial charge in [-0.3, -0.25) is 4.79 Å². The van der Waals surface area contributed by atoms with Gasteiger partial charge in [-0.2, -0.15) is 0 Å². The highest BCUT2D eigenvalue weighted by Crippen LogP contribution is 2.47. The number of nitrogens with one attached hydrogen (secondary N) is 1. The molecular formula is C12H23NO3. The zero-order chi connectivity index (χ0) is 12.2. The van der Waals surface area contributed by atoms with E-state index >= 15 is 0 Å². The maximum atomic E-state index is 11.4. The molecule has 4 heteroatoms. The van der Waals surface area contributed by atoms with Crippen LogP contribution in [0.3, 0.4) is 0 Å². The summed E-state index contributed by atoms with van der Waals surface area (Å²) in [7, 11) is 1.41. The molecule has 0 radical (unpaired) electrons. The number of esters is 1. The first-order valence-corrected chi connectivity index (χ1v) is 5.86. The molecule has 1 aliphatic carbocycles. The van der Waals surface area contributed by atoms with Crippen molar-refractivity contribution < 1.29 is 14.6 Å². The number of aliphatic hydroxyl groups is 1. The van der Waals surface area contributed by atoms with Gasteiger partial charge in [0.15, 0.2) is 0 Å². The third-order valence-corrected chi connectivity index (χ3v) is 3.40. The fraction of sp³-hybridized carbons (Fsp3) is 0.917. The van der Waals surface area contributed by atoms with Crippen LogP contribution in [0.5, 0.6) is 0 Å². The molecule has 1 fully saturated rings. The Kier molecular flexibility index (Phi) is 4.33. The van der Waals surface area contributed by atoms with E-state index in [9.17, 15) is 4.79 Å². The van der Waals surface area contributed by atoms with Gasteiger partial charge in [-0.1, -0.05) is 0 Å². The first-order chi connectivity index (χ1) is 7.46. The van der Waals surface area contributed by atoms with Crippen LogP contribution in [0.15, 0.2) is 0 Å². The van der Waals surface area contributed by atoms with Gasteiger partial charge in [0.25, 0.3) is 0 Å². The van der Waals surface area contributed by atoms with Crippen molar-refractivity contribution in [2.45, 2.75) is 33.1 Å². The predicted octanol–water partition coefficient (Wildman–Crippen LogP) is 0.938. The molecule has 0 spiro atoms. The largest absolute Gasteiger partial charge is 0.469 e. The summed E-state index contributed by atoms with van der Waals surface area (Å²) in [5, 5.41) is 12.2. The lowest BCUT2D eigenvalue weighted by molar-refractivity contribution is -0.150. The van der Waals surface area contributed by atoms with E-state index in [-0.39, 0.29) is 12.6 Å². The lowest BCUT2D eigenvalue weighted by Crippen LogP contribution is -2.39. The van der Waals surface area contributed by atoms with Gasteiger partial charge >= 0.3 is 5.97 Å². The second-order valence-electron chi connectivity index (χ2n) is 5.45. The minimum absolute atomic E-state index is 0.188. The highest BCUT2D eigenvalue weighted by Gasteiger charge is 2.41. The molecule has 0 heterocycles. The number of carbonyl (C=O) groups excluding carboxylic acids is 1. The second-order valence-corrected chi connectivity index (χ2v) is 5.45. The molecule has 0 aromatic carbocycles. The molecule has 0 unspecified atom stereocenters. The number of methoxy groups -OCH3 is 1. The molecule has 0 bridgehead atoms. The van der Waals surface area contributed by atoms with Gasteiger partial charge in [-0.15, -0.1) is 0 Å². The SMILES string of the molecule is COC(=O)C(C)(C)CNCC1(CCO)CC1. The summed E-state index contributed by atoms with van der Waals surface area (Å²) in [4.78, 5) is 11.4. The van der Waals surface area contributed by atoms with Crippen LogP contribution in [-0.2, 0) is 9.53 Å². The molecule has 0 atom stereocenters. The van der Waals surface area contributed by atoms with Gasteiger partial charge in [0.05, 0.1) is 12.5 Å². The Morgan fingerprint density at radius 2 is 2.12 bits per heavy atom. The smallest absolute Gasteiger partial charge is 0.312 e. The topological polar surface area (TPSA) is 58.6 Å². The van der Waals surface area contributed by atoms with E-state index < -0.39 is 5.41 Å². The zero-order valence-corrected chi connectivity index (χ0v) is 10.5. The summed E-state index contributed by atoms with van der Waals surface area (Å²) in [5.74, 6) is -0.188.